The summed E-state index contributed by atoms with van der Waals surface area (Å²) < 4.78 is 0.677. The molecule has 1 atom stereocenters. The van der Waals surface area contributed by atoms with Gasteiger partial charge in [-0.1, -0.05) is 95.9 Å². The molecule has 0 saturated carbocycles. The molecule has 38 heavy (non-hydrogen) atoms. The molecule has 6 rings (SSSR count). The van der Waals surface area contributed by atoms with Crippen molar-refractivity contribution in [3.63, 3.8) is 0 Å². The molecule has 0 spiro atoms. The van der Waals surface area contributed by atoms with E-state index < -0.39 is 17.7 Å². The zero-order valence-electron chi connectivity index (χ0n) is 19.9. The van der Waals surface area contributed by atoms with Gasteiger partial charge in [0, 0.05) is 23.7 Å². The van der Waals surface area contributed by atoms with Gasteiger partial charge in [0.05, 0.1) is 11.6 Å². The summed E-state index contributed by atoms with van der Waals surface area (Å²) in [4.78, 5) is 31.9. The van der Waals surface area contributed by atoms with E-state index in [0.29, 0.717) is 26.4 Å². The number of nitrogens with zero attached hydrogens (tertiary/aromatic N) is 4. The molecule has 1 N–H and O–H groups in total. The molecule has 3 heterocycles. The van der Waals surface area contributed by atoms with Gasteiger partial charge < -0.3 is 5.11 Å². The Hall–Kier alpha value is -4.34. The summed E-state index contributed by atoms with van der Waals surface area (Å²) in [6.07, 6.45) is 3.04. The van der Waals surface area contributed by atoms with Crippen molar-refractivity contribution in [2.24, 2.45) is 0 Å². The average Bonchev–Trinajstić information content (AvgIpc) is 3.54. The smallest absolute Gasteiger partial charge is 0.301 e. The number of fused-ring (bicyclic) bond motifs is 1. The van der Waals surface area contributed by atoms with Crippen molar-refractivity contribution in [3.05, 3.63) is 120 Å². The Morgan fingerprint density at radius 1 is 0.895 bits per heavy atom. The third kappa shape index (κ3) is 4.36. The number of aliphatic hydroxyl groups excluding tert-OH is 1. The maximum atomic E-state index is 13.3. The van der Waals surface area contributed by atoms with Gasteiger partial charge in [-0.15, -0.1) is 10.2 Å². The number of carbonyl (C=O) groups excluding carboxylic acids is 2. The van der Waals surface area contributed by atoms with E-state index in [2.05, 4.69) is 39.4 Å². The molecule has 186 valence electrons. The Morgan fingerprint density at radius 3 is 2.45 bits per heavy atom. The van der Waals surface area contributed by atoms with Crippen LogP contribution in [0.2, 0.25) is 0 Å². The van der Waals surface area contributed by atoms with Gasteiger partial charge in [0.2, 0.25) is 5.13 Å². The van der Waals surface area contributed by atoms with E-state index >= 15 is 0 Å². The van der Waals surface area contributed by atoms with Crippen LogP contribution in [0.15, 0.2) is 107 Å². The molecule has 1 unspecified atom stereocenters. The number of hydrogen-bond acceptors (Lipinski definition) is 8. The van der Waals surface area contributed by atoms with Crippen LogP contribution in [0, 0.1) is 0 Å². The van der Waals surface area contributed by atoms with Gasteiger partial charge in [0.15, 0.2) is 4.34 Å². The Morgan fingerprint density at radius 2 is 1.63 bits per heavy atom. The zero-order valence-corrected chi connectivity index (χ0v) is 21.5. The fourth-order valence-corrected chi connectivity index (χ4v) is 6.43. The van der Waals surface area contributed by atoms with E-state index in [9.17, 15) is 14.7 Å². The number of amides is 1. The zero-order chi connectivity index (χ0) is 26.1. The molecule has 0 aliphatic carbocycles. The molecule has 7 nitrogen and oxygen atoms in total. The molecular weight excluding hydrogens is 516 g/mol. The molecular formula is C29H20N4O3S2. The lowest BCUT2D eigenvalue weighted by Gasteiger charge is -2.22. The van der Waals surface area contributed by atoms with Crippen molar-refractivity contribution in [1.29, 1.82) is 0 Å². The van der Waals surface area contributed by atoms with E-state index in [1.165, 1.54) is 56.7 Å². The fraction of sp³-hybridized carbons (Fsp3) is 0.0690. The van der Waals surface area contributed by atoms with Crippen LogP contribution in [0.25, 0.3) is 16.5 Å². The third-order valence-corrected chi connectivity index (χ3v) is 8.45. The van der Waals surface area contributed by atoms with E-state index in [0.717, 1.165) is 0 Å². The molecule has 1 fully saturated rings. The number of aromatic nitrogens is 3. The van der Waals surface area contributed by atoms with Crippen LogP contribution >= 0.6 is 23.1 Å². The monoisotopic (exact) mass is 536 g/mol. The number of ketones is 1. The second kappa shape index (κ2) is 10.2. The topological polar surface area (TPSA) is 96.3 Å². The Balaban J connectivity index is 1.35. The molecule has 0 bridgehead atoms. The van der Waals surface area contributed by atoms with Gasteiger partial charge in [0.25, 0.3) is 5.78 Å². The minimum absolute atomic E-state index is 0.00700. The van der Waals surface area contributed by atoms with Crippen LogP contribution in [0.1, 0.15) is 22.7 Å². The number of thioether (sulfide) groups is 1. The first kappa shape index (κ1) is 24.0. The normalized spacial score (nSPS) is 16.8. The number of rotatable bonds is 6. The van der Waals surface area contributed by atoms with Crippen LogP contribution in [-0.2, 0) is 15.3 Å². The summed E-state index contributed by atoms with van der Waals surface area (Å²) in [6.45, 7) is 0. The Kier molecular flexibility index (Phi) is 6.45. The average molecular weight is 537 g/mol. The maximum absolute atomic E-state index is 13.3. The summed E-state index contributed by atoms with van der Waals surface area (Å²) in [5.74, 6) is -1.10. The molecule has 5 aromatic rings. The summed E-state index contributed by atoms with van der Waals surface area (Å²) in [6, 6.07) is 25.9. The maximum Gasteiger partial charge on any atom is 0.301 e. The lowest BCUT2D eigenvalue weighted by atomic mass is 9.96. The summed E-state index contributed by atoms with van der Waals surface area (Å²) in [5, 5.41) is 22.4. The second-order valence-corrected chi connectivity index (χ2v) is 10.8. The molecule has 9 heteroatoms. The molecule has 2 aromatic heterocycles. The largest absolute Gasteiger partial charge is 0.507 e. The second-order valence-electron chi connectivity index (χ2n) is 8.59. The fourth-order valence-electron chi connectivity index (χ4n) is 4.56. The van der Waals surface area contributed by atoms with Crippen molar-refractivity contribution in [2.45, 2.75) is 16.1 Å². The highest BCUT2D eigenvalue weighted by atomic mass is 32.2. The first-order chi connectivity index (χ1) is 18.6. The number of carbonyl (C=O) groups is 2. The van der Waals surface area contributed by atoms with Gasteiger partial charge in [-0.3, -0.25) is 19.5 Å². The predicted octanol–water partition coefficient (Wildman–Crippen LogP) is 6.00. The highest BCUT2D eigenvalue weighted by Gasteiger charge is 2.48. The van der Waals surface area contributed by atoms with Crippen molar-refractivity contribution >= 4 is 56.5 Å². The van der Waals surface area contributed by atoms with E-state index in [1.54, 1.807) is 12.1 Å². The number of aliphatic hydroxyl groups is 1. The highest BCUT2D eigenvalue weighted by Crippen LogP contribution is 2.44. The molecule has 1 saturated heterocycles. The molecule has 1 aliphatic rings. The van der Waals surface area contributed by atoms with Crippen molar-refractivity contribution < 1.29 is 14.7 Å². The Labute approximate surface area is 226 Å². The summed E-state index contributed by atoms with van der Waals surface area (Å²) >= 11 is 2.77. The van der Waals surface area contributed by atoms with Crippen molar-refractivity contribution in [3.8, 4) is 0 Å². The van der Waals surface area contributed by atoms with E-state index in [-0.39, 0.29) is 11.3 Å². The minimum Gasteiger partial charge on any atom is -0.507 e. The third-order valence-electron chi connectivity index (χ3n) is 6.35. The standard InChI is InChI=1S/C29H20N4O3S2/c34-25(20-13-15-30-16-14-20)23-24(19-8-2-1-3-9-19)33(27(36)26(23)35)28-31-32-29(38-28)37-17-21-11-6-10-18-7-4-5-12-22(18)21/h1-16,24,34H,17H2/b25-23+. The molecule has 1 aliphatic heterocycles. The van der Waals surface area contributed by atoms with E-state index in [4.69, 9.17) is 0 Å². The number of pyridine rings is 1. The number of anilines is 1. The lowest BCUT2D eigenvalue weighted by Crippen LogP contribution is -2.29. The van der Waals surface area contributed by atoms with Crippen molar-refractivity contribution in [2.75, 3.05) is 4.90 Å². The van der Waals surface area contributed by atoms with Crippen molar-refractivity contribution in [1.82, 2.24) is 15.2 Å². The van der Waals surface area contributed by atoms with Crippen LogP contribution in [0.4, 0.5) is 5.13 Å². The SMILES string of the molecule is O=C1C(=O)N(c2nnc(SCc3cccc4ccccc34)s2)C(c2ccccc2)/C1=C(\O)c1ccncc1. The minimum atomic E-state index is -0.840. The highest BCUT2D eigenvalue weighted by molar-refractivity contribution is 8.00. The van der Waals surface area contributed by atoms with Gasteiger partial charge in [0.1, 0.15) is 5.76 Å². The van der Waals surface area contributed by atoms with Gasteiger partial charge in [-0.25, -0.2) is 0 Å². The summed E-state index contributed by atoms with van der Waals surface area (Å²) in [7, 11) is 0. The van der Waals surface area contributed by atoms with Gasteiger partial charge in [-0.2, -0.15) is 0 Å². The van der Waals surface area contributed by atoms with Gasteiger partial charge >= 0.3 is 5.91 Å². The quantitative estimate of drug-likeness (QED) is 0.0934. The number of Topliss-reactive ketones (excluding diaryl/α,β-unsaturated/α-hetero) is 1. The summed E-state index contributed by atoms with van der Waals surface area (Å²) in [5.41, 5.74) is 2.27. The molecule has 1 amide bonds. The van der Waals surface area contributed by atoms with Crippen LogP contribution in [0.5, 0.6) is 0 Å². The van der Waals surface area contributed by atoms with Gasteiger partial charge in [-0.05, 0) is 34.0 Å². The van der Waals surface area contributed by atoms with Crippen LogP contribution in [-0.4, -0.2) is 32.0 Å². The number of benzene rings is 3. The van der Waals surface area contributed by atoms with E-state index in [1.807, 2.05) is 48.5 Å². The molecule has 3 aromatic carbocycles. The number of hydrogen-bond donors (Lipinski definition) is 1. The van der Waals surface area contributed by atoms with Crippen LogP contribution < -0.4 is 4.90 Å². The molecule has 0 radical (unpaired) electrons. The van der Waals surface area contributed by atoms with Crippen LogP contribution in [0.3, 0.4) is 0 Å². The first-order valence-electron chi connectivity index (χ1n) is 11.8. The Bertz CT molecular complexity index is 1680. The first-order valence-corrected chi connectivity index (χ1v) is 13.6. The predicted molar refractivity (Wildman–Crippen MR) is 149 cm³/mol. The lowest BCUT2D eigenvalue weighted by molar-refractivity contribution is -0.132.